The molecule has 0 bridgehead atoms. The summed E-state index contributed by atoms with van der Waals surface area (Å²) in [7, 11) is 0. The Morgan fingerprint density at radius 1 is 1.00 bits per heavy atom. The Balaban J connectivity index is -0.0000000620. The van der Waals surface area contributed by atoms with E-state index in [1.165, 1.54) is 24.7 Å². The molecule has 23 heavy (non-hydrogen) atoms. The summed E-state index contributed by atoms with van der Waals surface area (Å²) < 4.78 is 0. The number of rotatable bonds is 6. The largest absolute Gasteiger partial charge is 2.00 e. The van der Waals surface area contributed by atoms with E-state index in [1.807, 2.05) is 0 Å². The van der Waals surface area contributed by atoms with Crippen LogP contribution in [-0.4, -0.2) is 52.5 Å². The van der Waals surface area contributed by atoms with E-state index in [1.54, 1.807) is 0 Å². The summed E-state index contributed by atoms with van der Waals surface area (Å²) in [5.74, 6) is 1.84. The number of thiol groups is 1. The van der Waals surface area contributed by atoms with Gasteiger partial charge in [-0.15, -0.1) is 0 Å². The summed E-state index contributed by atoms with van der Waals surface area (Å²) in [4.78, 5) is 19.0. The van der Waals surface area contributed by atoms with Gasteiger partial charge in [0.2, 0.25) is 0 Å². The Labute approximate surface area is 171 Å². The molecule has 0 aliphatic heterocycles. The molecule has 0 aliphatic carbocycles. The molecule has 0 aromatic rings. The van der Waals surface area contributed by atoms with Gasteiger partial charge in [-0.2, -0.15) is 18.4 Å². The van der Waals surface area contributed by atoms with Crippen LogP contribution in [0.1, 0.15) is 67.2 Å². The van der Waals surface area contributed by atoms with E-state index >= 15 is 0 Å². The van der Waals surface area contributed by atoms with Gasteiger partial charge in [0, 0.05) is 11.7 Å². The third kappa shape index (κ3) is 86.0. The van der Waals surface area contributed by atoms with Crippen molar-refractivity contribution >= 4 is 61.1 Å². The molecule has 0 atom stereocenters. The average molecular weight is 471 g/mol. The van der Waals surface area contributed by atoms with Crippen LogP contribution in [0.4, 0.5) is 0 Å². The summed E-state index contributed by atoms with van der Waals surface area (Å²) in [5.41, 5.74) is 0. The van der Waals surface area contributed by atoms with Gasteiger partial charge in [-0.25, -0.2) is 0 Å². The molecule has 1 N–H and O–H groups in total. The standard InChI is InChI=1S/2C5H11.2C3H6O2S.Sn/c2*1-4-5(2)3;2*4-3(5)1-2-6;/h2*4H2,1-3H3;2*6H,1-2H2,(H,4,5);/q;;;;+2/p-2. The molecule has 7 heteroatoms. The van der Waals surface area contributed by atoms with Gasteiger partial charge in [-0.05, 0) is 18.3 Å². The first-order valence-corrected chi connectivity index (χ1v) is 8.48. The molecule has 0 amide bonds. The second-order valence-corrected chi connectivity index (χ2v) is 5.67. The molecule has 136 valence electrons. The molecule has 0 aliphatic rings. The normalized spacial score (nSPS) is 8.43. The van der Waals surface area contributed by atoms with E-state index in [0.717, 1.165) is 0 Å². The van der Waals surface area contributed by atoms with Gasteiger partial charge in [0.15, 0.2) is 0 Å². The number of hydrogen-bond donors (Lipinski definition) is 2. The Kier molecular flexibility index (Phi) is 45.8. The summed E-state index contributed by atoms with van der Waals surface area (Å²) in [6, 6.07) is 0. The molecule has 0 spiro atoms. The smallest absolute Gasteiger partial charge is 0.792 e. The van der Waals surface area contributed by atoms with Crippen molar-refractivity contribution in [3.63, 3.8) is 0 Å². The van der Waals surface area contributed by atoms with Crippen LogP contribution in [0.5, 0.6) is 0 Å². The van der Waals surface area contributed by atoms with Crippen molar-refractivity contribution in [2.75, 3.05) is 11.5 Å². The zero-order chi connectivity index (χ0) is 18.6. The minimum atomic E-state index is -1.06. The molecule has 4 radical (unpaired) electrons. The monoisotopic (exact) mass is 472 g/mol. The van der Waals surface area contributed by atoms with Crippen LogP contribution in [0.3, 0.4) is 0 Å². The summed E-state index contributed by atoms with van der Waals surface area (Å²) >= 11 is 7.99. The maximum Gasteiger partial charge on any atom is 2.00 e. The molecular formula is C16H32O4S2Sn. The fourth-order valence-corrected chi connectivity index (χ4v) is 0.537. The topological polar surface area (TPSA) is 77.4 Å². The summed E-state index contributed by atoms with van der Waals surface area (Å²) in [6.45, 7) is 12.9. The Morgan fingerprint density at radius 3 is 1.30 bits per heavy atom. The van der Waals surface area contributed by atoms with Gasteiger partial charge >= 0.3 is 29.9 Å². The molecule has 0 aromatic heterocycles. The molecule has 4 nitrogen and oxygen atoms in total. The van der Waals surface area contributed by atoms with Crippen molar-refractivity contribution in [2.24, 2.45) is 0 Å². The van der Waals surface area contributed by atoms with Crippen LogP contribution in [0.15, 0.2) is 0 Å². The van der Waals surface area contributed by atoms with Gasteiger partial charge in [0.05, 0.1) is 6.42 Å². The van der Waals surface area contributed by atoms with Gasteiger partial charge < -0.3 is 27.6 Å². The fourth-order valence-electron chi connectivity index (χ4n) is 0.179. The molecule has 0 rings (SSSR count). The van der Waals surface area contributed by atoms with E-state index in [2.05, 4.69) is 66.8 Å². The van der Waals surface area contributed by atoms with Crippen molar-refractivity contribution < 1.29 is 19.8 Å². The van der Waals surface area contributed by atoms with E-state index in [9.17, 15) is 14.7 Å². The van der Waals surface area contributed by atoms with Crippen LogP contribution in [0.25, 0.3) is 0 Å². The predicted octanol–water partition coefficient (Wildman–Crippen LogP) is 2.70. The number of aliphatic carboxylic acids is 2. The number of carboxylic acid groups (broad SMARTS) is 2. The summed E-state index contributed by atoms with van der Waals surface area (Å²) in [6.07, 6.45) is 2.60. The van der Waals surface area contributed by atoms with E-state index < -0.39 is 11.9 Å². The molecule has 0 aromatic carbocycles. The summed E-state index contributed by atoms with van der Waals surface area (Å²) in [5, 5.41) is 17.3. The van der Waals surface area contributed by atoms with Crippen molar-refractivity contribution in [2.45, 2.75) is 67.2 Å². The van der Waals surface area contributed by atoms with Crippen molar-refractivity contribution in [3.8, 4) is 0 Å². The minimum Gasteiger partial charge on any atom is -0.792 e. The predicted molar refractivity (Wildman–Crippen MR) is 103 cm³/mol. The third-order valence-electron chi connectivity index (χ3n) is 2.05. The maximum absolute atomic E-state index is 9.55. The number of carbonyl (C=O) groups excluding carboxylic acids is 1. The number of hydrogen-bond acceptors (Lipinski definition) is 5. The third-order valence-corrected chi connectivity index (χ3v) is 2.47. The molecule has 0 unspecified atom stereocenters. The van der Waals surface area contributed by atoms with Gasteiger partial charge in [0.1, 0.15) is 0 Å². The zero-order valence-electron chi connectivity index (χ0n) is 15.3. The maximum atomic E-state index is 9.55. The van der Waals surface area contributed by atoms with Crippen molar-refractivity contribution in [1.29, 1.82) is 0 Å². The van der Waals surface area contributed by atoms with Gasteiger partial charge in [-0.3, -0.25) is 4.79 Å². The molecule has 0 heterocycles. The van der Waals surface area contributed by atoms with Crippen LogP contribution in [0.2, 0.25) is 0 Å². The van der Waals surface area contributed by atoms with Gasteiger partial charge in [-0.1, -0.05) is 54.4 Å². The zero-order valence-corrected chi connectivity index (χ0v) is 19.8. The number of carboxylic acids is 2. The first-order chi connectivity index (χ1) is 10.1. The van der Waals surface area contributed by atoms with Crippen molar-refractivity contribution in [3.05, 3.63) is 11.8 Å². The second-order valence-electron chi connectivity index (χ2n) is 4.81. The van der Waals surface area contributed by atoms with E-state index in [-0.39, 0.29) is 42.5 Å². The quantitative estimate of drug-likeness (QED) is 0.354. The van der Waals surface area contributed by atoms with Crippen LogP contribution in [0, 0.1) is 11.8 Å². The molecule has 0 fully saturated rings. The van der Waals surface area contributed by atoms with E-state index in [0.29, 0.717) is 5.75 Å². The number of carbonyl (C=O) groups is 2. The van der Waals surface area contributed by atoms with E-state index in [4.69, 9.17) is 5.11 Å². The Hall–Kier alpha value is 0.439. The molecular weight excluding hydrogens is 439 g/mol. The van der Waals surface area contributed by atoms with Crippen LogP contribution in [-0.2, 0) is 22.2 Å². The Morgan fingerprint density at radius 2 is 1.30 bits per heavy atom. The van der Waals surface area contributed by atoms with Crippen LogP contribution >= 0.6 is 12.6 Å². The first-order valence-electron chi connectivity index (χ1n) is 7.27. The Bertz CT molecular complexity index is 214. The van der Waals surface area contributed by atoms with Gasteiger partial charge in [0.25, 0.3) is 0 Å². The molecule has 0 saturated carbocycles. The minimum absolute atomic E-state index is 0. The second kappa shape index (κ2) is 30.3. The fraction of sp³-hybridized carbons (Fsp3) is 0.750. The van der Waals surface area contributed by atoms with Crippen LogP contribution < -0.4 is 5.11 Å². The SMILES string of the molecule is CC[C](C)C.CC[C](C)C.O=C(O)CCS.O=C([O-])CC[S-].[Sn+2]. The average Bonchev–Trinajstić information content (AvgIpc) is 2.40. The molecule has 0 saturated heterocycles. The first kappa shape index (κ1) is 34.7. The van der Waals surface area contributed by atoms with Crippen molar-refractivity contribution in [1.82, 2.24) is 0 Å².